The van der Waals surface area contributed by atoms with Crippen LogP contribution >= 0.6 is 15.9 Å². The molecule has 0 atom stereocenters. The molecule has 1 aromatic heterocycles. The number of carbonyl (C=O) groups excluding carboxylic acids is 1. The normalized spacial score (nSPS) is 11.2. The van der Waals surface area contributed by atoms with E-state index in [1.807, 2.05) is 12.1 Å². The molecular weight excluding hydrogens is 318 g/mol. The van der Waals surface area contributed by atoms with E-state index in [0.29, 0.717) is 5.56 Å². The first-order valence-electron chi connectivity index (χ1n) is 6.45. The Hall–Kier alpha value is -1.81. The van der Waals surface area contributed by atoms with Crippen molar-refractivity contribution in [3.05, 3.63) is 40.4 Å². The number of methoxy groups -OCH3 is 1. The van der Waals surface area contributed by atoms with Gasteiger partial charge in [-0.25, -0.2) is 0 Å². The maximum absolute atomic E-state index is 11.3. The van der Waals surface area contributed by atoms with Crippen molar-refractivity contribution >= 4 is 44.0 Å². The quantitative estimate of drug-likeness (QED) is 0.666. The molecule has 0 aliphatic rings. The maximum Gasteiger partial charge on any atom is 0.151 e. The summed E-state index contributed by atoms with van der Waals surface area (Å²) >= 11 is 3.57. The van der Waals surface area contributed by atoms with Gasteiger partial charge in [-0.05, 0) is 35.0 Å². The Labute approximate surface area is 125 Å². The Morgan fingerprint density at radius 1 is 1.35 bits per heavy atom. The van der Waals surface area contributed by atoms with Crippen LogP contribution in [-0.2, 0) is 6.54 Å². The Balaban J connectivity index is 2.64. The second-order valence-corrected chi connectivity index (χ2v) is 5.38. The average molecular weight is 332 g/mol. The van der Waals surface area contributed by atoms with Gasteiger partial charge in [-0.2, -0.15) is 0 Å². The Bertz CT molecular complexity index is 820. The first kappa shape index (κ1) is 13.2. The number of fused-ring (bicyclic) bond motifs is 3. The number of nitrogens with zero attached hydrogens (tertiary/aromatic N) is 1. The van der Waals surface area contributed by atoms with E-state index < -0.39 is 0 Å². The smallest absolute Gasteiger partial charge is 0.151 e. The molecule has 0 amide bonds. The van der Waals surface area contributed by atoms with Crippen molar-refractivity contribution in [3.8, 4) is 5.75 Å². The first-order valence-corrected chi connectivity index (χ1v) is 7.24. The first-order chi connectivity index (χ1) is 9.72. The number of aromatic nitrogens is 1. The lowest BCUT2D eigenvalue weighted by Crippen LogP contribution is -1.97. The van der Waals surface area contributed by atoms with Gasteiger partial charge in [0.05, 0.1) is 12.6 Å². The Morgan fingerprint density at radius 3 is 2.75 bits per heavy atom. The topological polar surface area (TPSA) is 31.2 Å². The van der Waals surface area contributed by atoms with E-state index in [4.69, 9.17) is 4.74 Å². The Kier molecular flexibility index (Phi) is 3.26. The molecule has 3 rings (SSSR count). The van der Waals surface area contributed by atoms with Crippen LogP contribution in [0.4, 0.5) is 0 Å². The monoisotopic (exact) mass is 331 g/mol. The zero-order valence-electron chi connectivity index (χ0n) is 11.3. The highest BCUT2D eigenvalue weighted by Crippen LogP contribution is 2.40. The molecule has 0 saturated heterocycles. The van der Waals surface area contributed by atoms with Crippen LogP contribution in [0.3, 0.4) is 0 Å². The van der Waals surface area contributed by atoms with E-state index in [-0.39, 0.29) is 0 Å². The summed E-state index contributed by atoms with van der Waals surface area (Å²) in [5, 5.41) is 2.15. The largest absolute Gasteiger partial charge is 0.495 e. The van der Waals surface area contributed by atoms with Crippen LogP contribution in [0.2, 0.25) is 0 Å². The summed E-state index contributed by atoms with van der Waals surface area (Å²) in [7, 11) is 1.63. The van der Waals surface area contributed by atoms with E-state index in [9.17, 15) is 4.79 Å². The van der Waals surface area contributed by atoms with Gasteiger partial charge in [0.15, 0.2) is 6.29 Å². The molecule has 0 bridgehead atoms. The Morgan fingerprint density at radius 2 is 2.10 bits per heavy atom. The van der Waals surface area contributed by atoms with Gasteiger partial charge in [0, 0.05) is 32.9 Å². The molecule has 0 N–H and O–H groups in total. The molecule has 4 heteroatoms. The number of carbonyl (C=O) groups is 1. The summed E-state index contributed by atoms with van der Waals surface area (Å²) in [5.74, 6) is 0.725. The lowest BCUT2D eigenvalue weighted by Gasteiger charge is -2.09. The van der Waals surface area contributed by atoms with Crippen LogP contribution in [0.15, 0.2) is 34.8 Å². The number of rotatable bonds is 3. The number of ether oxygens (including phenoxy) is 1. The predicted octanol–water partition coefficient (Wildman–Crippen LogP) is 4.40. The molecule has 3 aromatic rings. The summed E-state index contributed by atoms with van der Waals surface area (Å²) in [6.45, 7) is 2.94. The van der Waals surface area contributed by atoms with Crippen LogP contribution in [0, 0.1) is 0 Å². The van der Waals surface area contributed by atoms with Crippen LogP contribution in [0.25, 0.3) is 21.8 Å². The molecular formula is C16H14BrNO2. The highest BCUT2D eigenvalue weighted by atomic mass is 79.9. The highest BCUT2D eigenvalue weighted by molar-refractivity contribution is 9.10. The molecule has 3 nitrogen and oxygen atoms in total. The molecule has 102 valence electrons. The predicted molar refractivity (Wildman–Crippen MR) is 84.8 cm³/mol. The van der Waals surface area contributed by atoms with Crippen molar-refractivity contribution in [3.63, 3.8) is 0 Å². The van der Waals surface area contributed by atoms with Gasteiger partial charge in [0.1, 0.15) is 5.75 Å². The van der Waals surface area contributed by atoms with Gasteiger partial charge in [-0.1, -0.05) is 18.2 Å². The van der Waals surface area contributed by atoms with Crippen molar-refractivity contribution in [2.75, 3.05) is 7.11 Å². The van der Waals surface area contributed by atoms with Gasteiger partial charge in [-0.15, -0.1) is 0 Å². The number of benzene rings is 2. The van der Waals surface area contributed by atoms with Gasteiger partial charge in [0.25, 0.3) is 0 Å². The zero-order chi connectivity index (χ0) is 14.3. The lowest BCUT2D eigenvalue weighted by atomic mass is 10.1. The van der Waals surface area contributed by atoms with Crippen molar-refractivity contribution in [1.29, 1.82) is 0 Å². The summed E-state index contributed by atoms with van der Waals surface area (Å²) in [4.78, 5) is 11.3. The standard InChI is InChI=1S/C16H14BrNO2/c1-3-18-12-7-5-4-6-11(12)14-15(17)10(9-19)8-13(20-2)16(14)18/h4-9H,3H2,1-2H3. The van der Waals surface area contributed by atoms with Crippen molar-refractivity contribution in [1.82, 2.24) is 4.57 Å². The molecule has 2 aromatic carbocycles. The second-order valence-electron chi connectivity index (χ2n) is 4.58. The second kappa shape index (κ2) is 4.94. The fourth-order valence-electron chi connectivity index (χ4n) is 2.77. The highest BCUT2D eigenvalue weighted by Gasteiger charge is 2.18. The van der Waals surface area contributed by atoms with E-state index in [2.05, 4.69) is 39.6 Å². The molecule has 20 heavy (non-hydrogen) atoms. The molecule has 0 unspecified atom stereocenters. The molecule has 0 fully saturated rings. The van der Waals surface area contributed by atoms with Gasteiger partial charge >= 0.3 is 0 Å². The number of hydrogen-bond donors (Lipinski definition) is 0. The summed E-state index contributed by atoms with van der Waals surface area (Å²) < 4.78 is 8.53. The fraction of sp³-hybridized carbons (Fsp3) is 0.188. The third-order valence-corrected chi connectivity index (χ3v) is 4.48. The maximum atomic E-state index is 11.3. The van der Waals surface area contributed by atoms with Crippen molar-refractivity contribution in [2.45, 2.75) is 13.5 Å². The van der Waals surface area contributed by atoms with Crippen LogP contribution in [-0.4, -0.2) is 18.0 Å². The minimum absolute atomic E-state index is 0.605. The third-order valence-electron chi connectivity index (χ3n) is 3.63. The van der Waals surface area contributed by atoms with Gasteiger partial charge in [0.2, 0.25) is 0 Å². The van der Waals surface area contributed by atoms with Crippen LogP contribution in [0.1, 0.15) is 17.3 Å². The molecule has 0 saturated carbocycles. The molecule has 0 aliphatic heterocycles. The number of halogens is 1. The minimum atomic E-state index is 0.605. The average Bonchev–Trinajstić information content (AvgIpc) is 2.82. The minimum Gasteiger partial charge on any atom is -0.495 e. The number of hydrogen-bond acceptors (Lipinski definition) is 2. The molecule has 0 spiro atoms. The SMILES string of the molecule is CCn1c2ccccc2c2c(Br)c(C=O)cc(OC)c21. The van der Waals surface area contributed by atoms with E-state index in [0.717, 1.165) is 44.9 Å². The number of aldehydes is 1. The molecule has 0 radical (unpaired) electrons. The fourth-order valence-corrected chi connectivity index (χ4v) is 3.38. The summed E-state index contributed by atoms with van der Waals surface area (Å²) in [6.07, 6.45) is 0.851. The summed E-state index contributed by atoms with van der Waals surface area (Å²) in [6, 6.07) is 9.97. The van der Waals surface area contributed by atoms with Crippen molar-refractivity contribution < 1.29 is 9.53 Å². The van der Waals surface area contributed by atoms with E-state index >= 15 is 0 Å². The van der Waals surface area contributed by atoms with Crippen LogP contribution in [0.5, 0.6) is 5.75 Å². The summed E-state index contributed by atoms with van der Waals surface area (Å²) in [5.41, 5.74) is 2.77. The van der Waals surface area contributed by atoms with Gasteiger partial charge in [-0.3, -0.25) is 4.79 Å². The number of aryl methyl sites for hydroxylation is 1. The van der Waals surface area contributed by atoms with E-state index in [1.54, 1.807) is 13.2 Å². The molecule has 0 aliphatic carbocycles. The van der Waals surface area contributed by atoms with Crippen LogP contribution < -0.4 is 4.74 Å². The number of para-hydroxylation sites is 1. The zero-order valence-corrected chi connectivity index (χ0v) is 12.9. The molecule has 1 heterocycles. The van der Waals surface area contributed by atoms with E-state index in [1.165, 1.54) is 0 Å². The van der Waals surface area contributed by atoms with Gasteiger partial charge < -0.3 is 9.30 Å². The third kappa shape index (κ3) is 1.68. The lowest BCUT2D eigenvalue weighted by molar-refractivity contribution is 0.112. The van der Waals surface area contributed by atoms with Crippen molar-refractivity contribution in [2.24, 2.45) is 0 Å².